The highest BCUT2D eigenvalue weighted by Crippen LogP contribution is 2.34. The van der Waals surface area contributed by atoms with Gasteiger partial charge < -0.3 is 5.32 Å². The van der Waals surface area contributed by atoms with Gasteiger partial charge in [-0.25, -0.2) is 8.42 Å². The van der Waals surface area contributed by atoms with Crippen molar-refractivity contribution in [3.8, 4) is 0 Å². The minimum Gasteiger partial charge on any atom is -0.315 e. The Bertz CT molecular complexity index is 539. The first kappa shape index (κ1) is 12.1. The van der Waals surface area contributed by atoms with Gasteiger partial charge in [0, 0.05) is 44.4 Å². The van der Waals surface area contributed by atoms with Gasteiger partial charge in [0.05, 0.1) is 4.90 Å². The summed E-state index contributed by atoms with van der Waals surface area (Å²) in [5.74, 6) is 0. The molecule has 2 fully saturated rings. The molecule has 1 aromatic carbocycles. The highest BCUT2D eigenvalue weighted by molar-refractivity contribution is 7.90. The Balaban J connectivity index is 1.61. The van der Waals surface area contributed by atoms with Crippen molar-refractivity contribution < 1.29 is 8.42 Å². The van der Waals surface area contributed by atoms with Crippen LogP contribution >= 0.6 is 0 Å². The van der Waals surface area contributed by atoms with Gasteiger partial charge in [-0.1, -0.05) is 12.1 Å². The average Bonchev–Trinajstić information content (AvgIpc) is 2.19. The minimum absolute atomic E-state index is 0.398. The van der Waals surface area contributed by atoms with Gasteiger partial charge in [0.15, 0.2) is 9.84 Å². The molecule has 1 N–H and O–H groups in total. The molecule has 2 saturated heterocycles. The second-order valence-corrected chi connectivity index (χ2v) is 7.68. The van der Waals surface area contributed by atoms with E-state index in [0.29, 0.717) is 10.3 Å². The monoisotopic (exact) mass is 266 g/mol. The predicted octanol–water partition coefficient (Wildman–Crippen LogP) is 0.495. The van der Waals surface area contributed by atoms with E-state index in [1.165, 1.54) is 11.8 Å². The summed E-state index contributed by atoms with van der Waals surface area (Å²) in [6.07, 6.45) is 1.24. The normalized spacial score (nSPS) is 22.5. The number of likely N-dealkylation sites (tertiary alicyclic amines) is 1. The van der Waals surface area contributed by atoms with Gasteiger partial charge in [-0.2, -0.15) is 0 Å². The maximum atomic E-state index is 11.3. The third-order valence-corrected chi connectivity index (χ3v) is 5.00. The van der Waals surface area contributed by atoms with E-state index >= 15 is 0 Å². The first-order chi connectivity index (χ1) is 8.47. The lowest BCUT2D eigenvalue weighted by molar-refractivity contribution is -0.0444. The van der Waals surface area contributed by atoms with Crippen molar-refractivity contribution in [2.45, 2.75) is 11.4 Å². The second kappa shape index (κ2) is 4.05. The zero-order valence-corrected chi connectivity index (χ0v) is 11.3. The SMILES string of the molecule is CS(=O)(=O)c1ccc(CN2CC3(CNC3)C2)cc1. The van der Waals surface area contributed by atoms with E-state index in [-0.39, 0.29) is 0 Å². The third-order valence-electron chi connectivity index (χ3n) is 3.88. The molecule has 0 unspecified atom stereocenters. The summed E-state index contributed by atoms with van der Waals surface area (Å²) in [7, 11) is -3.07. The number of sulfone groups is 1. The first-order valence-electron chi connectivity index (χ1n) is 6.19. The molecule has 0 aromatic heterocycles. The summed E-state index contributed by atoms with van der Waals surface area (Å²) in [5, 5.41) is 3.32. The van der Waals surface area contributed by atoms with Crippen LogP contribution in [0.25, 0.3) is 0 Å². The van der Waals surface area contributed by atoms with E-state index in [1.807, 2.05) is 12.1 Å². The van der Waals surface area contributed by atoms with Crippen molar-refractivity contribution in [2.24, 2.45) is 5.41 Å². The van der Waals surface area contributed by atoms with Crippen molar-refractivity contribution in [1.29, 1.82) is 0 Å². The molecule has 5 heteroatoms. The smallest absolute Gasteiger partial charge is 0.175 e. The molecule has 0 amide bonds. The van der Waals surface area contributed by atoms with Crippen LogP contribution < -0.4 is 5.32 Å². The number of hydrogen-bond acceptors (Lipinski definition) is 4. The summed E-state index contributed by atoms with van der Waals surface area (Å²) in [4.78, 5) is 2.81. The molecular weight excluding hydrogens is 248 g/mol. The minimum atomic E-state index is -3.07. The molecular formula is C13H18N2O2S. The highest BCUT2D eigenvalue weighted by Gasteiger charge is 2.46. The van der Waals surface area contributed by atoms with Crippen LogP contribution in [-0.2, 0) is 16.4 Å². The van der Waals surface area contributed by atoms with E-state index in [4.69, 9.17) is 0 Å². The van der Waals surface area contributed by atoms with Crippen LogP contribution in [0.3, 0.4) is 0 Å². The van der Waals surface area contributed by atoms with E-state index in [0.717, 1.165) is 32.7 Å². The summed E-state index contributed by atoms with van der Waals surface area (Å²) < 4.78 is 22.7. The topological polar surface area (TPSA) is 49.4 Å². The molecule has 2 aliphatic rings. The first-order valence-corrected chi connectivity index (χ1v) is 8.08. The number of benzene rings is 1. The Kier molecular flexibility index (Phi) is 2.73. The van der Waals surface area contributed by atoms with Crippen LogP contribution in [0.2, 0.25) is 0 Å². The number of nitrogens with one attached hydrogen (secondary N) is 1. The van der Waals surface area contributed by atoms with Crippen molar-refractivity contribution in [2.75, 3.05) is 32.4 Å². The largest absolute Gasteiger partial charge is 0.315 e. The maximum absolute atomic E-state index is 11.3. The quantitative estimate of drug-likeness (QED) is 0.865. The zero-order valence-electron chi connectivity index (χ0n) is 10.5. The van der Waals surface area contributed by atoms with E-state index < -0.39 is 9.84 Å². The second-order valence-electron chi connectivity index (χ2n) is 5.66. The molecule has 0 radical (unpaired) electrons. The molecule has 0 atom stereocenters. The predicted molar refractivity (Wildman–Crippen MR) is 70.1 cm³/mol. The fourth-order valence-electron chi connectivity index (χ4n) is 2.82. The number of nitrogens with zero attached hydrogens (tertiary/aromatic N) is 1. The fourth-order valence-corrected chi connectivity index (χ4v) is 3.45. The Hall–Kier alpha value is -0.910. The summed E-state index contributed by atoms with van der Waals surface area (Å²) in [6, 6.07) is 7.23. The Morgan fingerprint density at radius 1 is 1.22 bits per heavy atom. The molecule has 0 saturated carbocycles. The van der Waals surface area contributed by atoms with E-state index in [9.17, 15) is 8.42 Å². The zero-order chi connectivity index (χ0) is 12.8. The van der Waals surface area contributed by atoms with Gasteiger partial charge in [-0.15, -0.1) is 0 Å². The van der Waals surface area contributed by atoms with Crippen LogP contribution in [0.5, 0.6) is 0 Å². The van der Waals surface area contributed by atoms with Crippen molar-refractivity contribution >= 4 is 9.84 Å². The Morgan fingerprint density at radius 3 is 2.28 bits per heavy atom. The lowest BCUT2D eigenvalue weighted by Crippen LogP contribution is -2.70. The number of hydrogen-bond donors (Lipinski definition) is 1. The molecule has 18 heavy (non-hydrogen) atoms. The molecule has 1 aromatic rings. The van der Waals surface area contributed by atoms with Gasteiger partial charge in [0.2, 0.25) is 0 Å². The van der Waals surface area contributed by atoms with Crippen LogP contribution in [0.1, 0.15) is 5.56 Å². The van der Waals surface area contributed by atoms with Crippen molar-refractivity contribution in [3.63, 3.8) is 0 Å². The molecule has 98 valence electrons. The standard InChI is InChI=1S/C13H18N2O2S/c1-18(16,17)12-4-2-11(3-5-12)6-15-9-13(10-15)7-14-8-13/h2-5,14H,6-10H2,1H3. The molecule has 0 aliphatic carbocycles. The van der Waals surface area contributed by atoms with Gasteiger partial charge in [0.25, 0.3) is 0 Å². The fraction of sp³-hybridized carbons (Fsp3) is 0.538. The molecule has 3 rings (SSSR count). The van der Waals surface area contributed by atoms with Gasteiger partial charge in [0.1, 0.15) is 0 Å². The van der Waals surface area contributed by atoms with Gasteiger partial charge in [-0.05, 0) is 17.7 Å². The van der Waals surface area contributed by atoms with Crippen molar-refractivity contribution in [3.05, 3.63) is 29.8 Å². The maximum Gasteiger partial charge on any atom is 0.175 e. The van der Waals surface area contributed by atoms with Crippen molar-refractivity contribution in [1.82, 2.24) is 10.2 Å². The van der Waals surface area contributed by atoms with Crippen LogP contribution in [0, 0.1) is 5.41 Å². The van der Waals surface area contributed by atoms with Crippen LogP contribution in [-0.4, -0.2) is 45.8 Å². The lowest BCUT2D eigenvalue weighted by Gasteiger charge is -2.56. The average molecular weight is 266 g/mol. The van der Waals surface area contributed by atoms with E-state index in [2.05, 4.69) is 10.2 Å². The third kappa shape index (κ3) is 2.18. The highest BCUT2D eigenvalue weighted by atomic mass is 32.2. The summed E-state index contributed by atoms with van der Waals surface area (Å²) in [6.45, 7) is 5.54. The van der Waals surface area contributed by atoms with Crippen LogP contribution in [0.4, 0.5) is 0 Å². The van der Waals surface area contributed by atoms with E-state index in [1.54, 1.807) is 12.1 Å². The molecule has 4 nitrogen and oxygen atoms in total. The summed E-state index contributed by atoms with van der Waals surface area (Å²) in [5.41, 5.74) is 1.73. The lowest BCUT2D eigenvalue weighted by atomic mass is 9.74. The molecule has 0 bridgehead atoms. The Labute approximate surface area is 108 Å². The molecule has 2 heterocycles. The van der Waals surface area contributed by atoms with Crippen LogP contribution in [0.15, 0.2) is 29.2 Å². The van der Waals surface area contributed by atoms with Gasteiger partial charge in [-0.3, -0.25) is 4.90 Å². The summed E-state index contributed by atoms with van der Waals surface area (Å²) >= 11 is 0. The van der Waals surface area contributed by atoms with Gasteiger partial charge >= 0.3 is 0 Å². The molecule has 2 aliphatic heterocycles. The molecule has 1 spiro atoms. The Morgan fingerprint density at radius 2 is 1.83 bits per heavy atom. The number of rotatable bonds is 3.